The van der Waals surface area contributed by atoms with Gasteiger partial charge in [-0.25, -0.2) is 4.79 Å². The normalized spacial score (nSPS) is 23.4. The van der Waals surface area contributed by atoms with Crippen molar-refractivity contribution in [3.63, 3.8) is 0 Å². The van der Waals surface area contributed by atoms with Gasteiger partial charge in [-0.2, -0.15) is 0 Å². The molecule has 0 radical (unpaired) electrons. The average molecular weight is 294 g/mol. The molecule has 1 N–H and O–H groups in total. The van der Waals surface area contributed by atoms with E-state index in [0.29, 0.717) is 11.5 Å². The van der Waals surface area contributed by atoms with E-state index >= 15 is 0 Å². The van der Waals surface area contributed by atoms with E-state index < -0.39 is 0 Å². The largest absolute Gasteiger partial charge is 0.355 e. The summed E-state index contributed by atoms with van der Waals surface area (Å²) in [5, 5.41) is 0. The van der Waals surface area contributed by atoms with Crippen LogP contribution in [0.4, 0.5) is 0 Å². The summed E-state index contributed by atoms with van der Waals surface area (Å²) in [6.07, 6.45) is 8.09. The number of hydrogen-bond donors (Lipinski definition) is 1. The number of H-pyrrole nitrogens is 1. The number of nitrogens with zero attached hydrogens (tertiary/aromatic N) is 1. The maximum atomic E-state index is 11.9. The van der Waals surface area contributed by atoms with Gasteiger partial charge in [0.05, 0.1) is 6.10 Å². The Bertz CT molecular complexity index is 576. The first kappa shape index (κ1) is 16.0. The molecular weight excluding hydrogens is 268 g/mol. The van der Waals surface area contributed by atoms with Crippen LogP contribution in [0.1, 0.15) is 64.2 Å². The Labute approximate surface area is 125 Å². The minimum Gasteiger partial charge on any atom is -0.355 e. The summed E-state index contributed by atoms with van der Waals surface area (Å²) in [6, 6.07) is 0. The first-order valence-electron chi connectivity index (χ1n) is 8.02. The number of hydrogen-bond acceptors (Lipinski definition) is 3. The van der Waals surface area contributed by atoms with E-state index in [1.54, 1.807) is 13.1 Å². The van der Waals surface area contributed by atoms with E-state index in [4.69, 9.17) is 4.74 Å². The van der Waals surface area contributed by atoms with Gasteiger partial charge in [0.2, 0.25) is 0 Å². The first-order chi connectivity index (χ1) is 10.0. The molecule has 0 aliphatic carbocycles. The molecule has 2 rings (SSSR count). The third-order valence-corrected chi connectivity index (χ3v) is 4.41. The number of aromatic amines is 1. The van der Waals surface area contributed by atoms with Crippen molar-refractivity contribution in [2.24, 2.45) is 5.92 Å². The number of nitrogens with one attached hydrogen (secondary N) is 1. The second-order valence-corrected chi connectivity index (χ2v) is 6.07. The van der Waals surface area contributed by atoms with Crippen LogP contribution in [-0.4, -0.2) is 15.7 Å². The van der Waals surface area contributed by atoms with Crippen molar-refractivity contribution >= 4 is 0 Å². The van der Waals surface area contributed by atoms with Crippen LogP contribution < -0.4 is 11.2 Å². The fraction of sp³-hybridized carbons (Fsp3) is 0.750. The number of ether oxygens (including phenoxy) is 1. The van der Waals surface area contributed by atoms with Crippen LogP contribution in [-0.2, 0) is 4.74 Å². The van der Waals surface area contributed by atoms with Gasteiger partial charge in [0, 0.05) is 11.8 Å². The van der Waals surface area contributed by atoms with Crippen LogP contribution in [0.5, 0.6) is 0 Å². The van der Waals surface area contributed by atoms with Gasteiger partial charge in [-0.15, -0.1) is 0 Å². The van der Waals surface area contributed by atoms with Gasteiger partial charge in [-0.3, -0.25) is 14.3 Å². The Morgan fingerprint density at radius 2 is 2.14 bits per heavy atom. The summed E-state index contributed by atoms with van der Waals surface area (Å²) in [5.41, 5.74) is -0.157. The first-order valence-corrected chi connectivity index (χ1v) is 8.02. The predicted octanol–water partition coefficient (Wildman–Crippen LogP) is 2.74. The molecule has 1 aromatic heterocycles. The molecule has 5 heteroatoms. The van der Waals surface area contributed by atoms with Gasteiger partial charge in [0.15, 0.2) is 0 Å². The lowest BCUT2D eigenvalue weighted by atomic mass is 9.93. The lowest BCUT2D eigenvalue weighted by Gasteiger charge is -2.20. The van der Waals surface area contributed by atoms with Gasteiger partial charge in [0.25, 0.3) is 5.56 Å². The van der Waals surface area contributed by atoms with E-state index in [2.05, 4.69) is 18.8 Å². The van der Waals surface area contributed by atoms with Gasteiger partial charge in [0.1, 0.15) is 6.23 Å². The molecule has 1 aliphatic heterocycles. The van der Waals surface area contributed by atoms with Crippen molar-refractivity contribution in [3.05, 3.63) is 32.6 Å². The Kier molecular flexibility index (Phi) is 5.39. The van der Waals surface area contributed by atoms with Crippen molar-refractivity contribution in [2.45, 2.75) is 71.6 Å². The highest BCUT2D eigenvalue weighted by Gasteiger charge is 2.28. The molecule has 5 nitrogen and oxygen atoms in total. The van der Waals surface area contributed by atoms with Gasteiger partial charge < -0.3 is 4.74 Å². The molecule has 2 heterocycles. The summed E-state index contributed by atoms with van der Waals surface area (Å²) in [7, 11) is 0. The molecule has 118 valence electrons. The summed E-state index contributed by atoms with van der Waals surface area (Å²) < 4.78 is 7.57. The molecule has 21 heavy (non-hydrogen) atoms. The zero-order valence-corrected chi connectivity index (χ0v) is 13.2. The van der Waals surface area contributed by atoms with E-state index in [1.165, 1.54) is 23.8 Å². The summed E-state index contributed by atoms with van der Waals surface area (Å²) in [6.45, 7) is 6.14. The van der Waals surface area contributed by atoms with E-state index in [9.17, 15) is 9.59 Å². The van der Waals surface area contributed by atoms with Gasteiger partial charge in [-0.05, 0) is 32.1 Å². The zero-order valence-electron chi connectivity index (χ0n) is 13.2. The molecule has 3 atom stereocenters. The second kappa shape index (κ2) is 7.07. The molecule has 0 bridgehead atoms. The molecule has 0 amide bonds. The molecular formula is C16H26N2O3. The van der Waals surface area contributed by atoms with Crippen molar-refractivity contribution in [3.8, 4) is 0 Å². The lowest BCUT2D eigenvalue weighted by molar-refractivity contribution is -0.0118. The lowest BCUT2D eigenvalue weighted by Crippen LogP contribution is -2.33. The van der Waals surface area contributed by atoms with Crippen molar-refractivity contribution in [2.75, 3.05) is 0 Å². The summed E-state index contributed by atoms with van der Waals surface area (Å²) >= 11 is 0. The standard InChI is InChI=1S/C16H26N2O3/c1-4-6-12(5-2)9-13-7-8-14(21-13)18-10-11(3)15(19)17-16(18)20/h10,12-14H,4-9H2,1-3H3,(H,17,19,20). The molecule has 1 aromatic rings. The van der Waals surface area contributed by atoms with Crippen molar-refractivity contribution < 1.29 is 4.74 Å². The Morgan fingerprint density at radius 1 is 1.38 bits per heavy atom. The summed E-state index contributed by atoms with van der Waals surface area (Å²) in [4.78, 5) is 25.7. The van der Waals surface area contributed by atoms with Crippen molar-refractivity contribution in [1.29, 1.82) is 0 Å². The molecule has 1 fully saturated rings. The van der Waals surface area contributed by atoms with Gasteiger partial charge >= 0.3 is 5.69 Å². The molecule has 0 spiro atoms. The van der Waals surface area contributed by atoms with Gasteiger partial charge in [-0.1, -0.05) is 33.1 Å². The maximum Gasteiger partial charge on any atom is 0.330 e. The highest BCUT2D eigenvalue weighted by Crippen LogP contribution is 2.32. The molecule has 0 aromatic carbocycles. The second-order valence-electron chi connectivity index (χ2n) is 6.07. The Balaban J connectivity index is 2.04. The van der Waals surface area contributed by atoms with Crippen LogP contribution in [0.3, 0.4) is 0 Å². The van der Waals surface area contributed by atoms with Crippen LogP contribution in [0.15, 0.2) is 15.8 Å². The predicted molar refractivity (Wildman–Crippen MR) is 82.5 cm³/mol. The highest BCUT2D eigenvalue weighted by atomic mass is 16.5. The number of rotatable bonds is 6. The zero-order chi connectivity index (χ0) is 15.4. The third-order valence-electron chi connectivity index (χ3n) is 4.41. The van der Waals surface area contributed by atoms with E-state index in [1.807, 2.05) is 0 Å². The van der Waals surface area contributed by atoms with E-state index in [-0.39, 0.29) is 23.6 Å². The molecule has 3 unspecified atom stereocenters. The third kappa shape index (κ3) is 3.84. The fourth-order valence-corrected chi connectivity index (χ4v) is 3.13. The highest BCUT2D eigenvalue weighted by molar-refractivity contribution is 5.01. The SMILES string of the molecule is CCCC(CC)CC1CCC(n2cc(C)c(=O)[nH]c2=O)O1. The smallest absolute Gasteiger partial charge is 0.330 e. The van der Waals surface area contributed by atoms with Crippen molar-refractivity contribution in [1.82, 2.24) is 9.55 Å². The molecule has 1 aliphatic rings. The minimum absolute atomic E-state index is 0.227. The van der Waals surface area contributed by atoms with Crippen LogP contribution in [0.25, 0.3) is 0 Å². The summed E-state index contributed by atoms with van der Waals surface area (Å²) in [5.74, 6) is 0.702. The average Bonchev–Trinajstić information content (AvgIpc) is 2.90. The number of aryl methyl sites for hydroxylation is 1. The molecule has 1 saturated heterocycles. The Morgan fingerprint density at radius 3 is 2.81 bits per heavy atom. The fourth-order valence-electron chi connectivity index (χ4n) is 3.13. The monoisotopic (exact) mass is 294 g/mol. The quantitative estimate of drug-likeness (QED) is 0.877. The van der Waals surface area contributed by atoms with Crippen LogP contribution >= 0.6 is 0 Å². The topological polar surface area (TPSA) is 64.1 Å². The minimum atomic E-state index is -0.378. The molecule has 0 saturated carbocycles. The van der Waals surface area contributed by atoms with E-state index in [0.717, 1.165) is 19.3 Å². The Hall–Kier alpha value is -1.36. The maximum absolute atomic E-state index is 11.9. The van der Waals surface area contributed by atoms with Crippen LogP contribution in [0, 0.1) is 12.8 Å². The number of aromatic nitrogens is 2. The van der Waals surface area contributed by atoms with Crippen LogP contribution in [0.2, 0.25) is 0 Å².